The number of rotatable bonds is 7. The van der Waals surface area contributed by atoms with Crippen molar-refractivity contribution >= 4 is 23.2 Å². The third-order valence-corrected chi connectivity index (χ3v) is 6.65. The fourth-order valence-electron chi connectivity index (χ4n) is 4.15. The summed E-state index contributed by atoms with van der Waals surface area (Å²) in [5.41, 5.74) is -0.0970. The summed E-state index contributed by atoms with van der Waals surface area (Å²) in [5.74, 6) is -0.0579. The van der Waals surface area contributed by atoms with E-state index in [2.05, 4.69) is 24.5 Å². The van der Waals surface area contributed by atoms with Crippen molar-refractivity contribution in [1.29, 1.82) is 0 Å². The molecule has 3 rings (SSSR count). The minimum atomic E-state index is -4.50. The van der Waals surface area contributed by atoms with Gasteiger partial charge in [-0.15, -0.1) is 0 Å². The summed E-state index contributed by atoms with van der Waals surface area (Å²) >= 11 is 0. The Balaban J connectivity index is 1.59. The molecular formula is C24H35F3N4O3. The monoisotopic (exact) mass is 484 g/mol. The van der Waals surface area contributed by atoms with E-state index in [1.54, 1.807) is 0 Å². The number of hydrogen-bond donors (Lipinski definition) is 2. The second-order valence-corrected chi connectivity index (χ2v) is 9.47. The highest BCUT2D eigenvalue weighted by Crippen LogP contribution is 2.35. The smallest absolute Gasteiger partial charge is 0.378 e. The number of anilines is 2. The predicted octanol–water partition coefficient (Wildman–Crippen LogP) is 3.35. The highest BCUT2D eigenvalue weighted by Gasteiger charge is 2.32. The summed E-state index contributed by atoms with van der Waals surface area (Å²) in [4.78, 5) is 29.1. The first kappa shape index (κ1) is 26.3. The third kappa shape index (κ3) is 7.09. The van der Waals surface area contributed by atoms with Gasteiger partial charge in [-0.2, -0.15) is 13.2 Å². The fourth-order valence-corrected chi connectivity index (χ4v) is 4.15. The van der Waals surface area contributed by atoms with Gasteiger partial charge < -0.3 is 20.3 Å². The van der Waals surface area contributed by atoms with Crippen LogP contribution in [0.5, 0.6) is 0 Å². The number of hydrogen-bond acceptors (Lipinski definition) is 5. The first-order valence-corrected chi connectivity index (χ1v) is 11.9. The number of nitrogens with one attached hydrogen (secondary N) is 2. The molecule has 2 amide bonds. The zero-order valence-corrected chi connectivity index (χ0v) is 20.1. The molecule has 190 valence electrons. The molecule has 2 N–H and O–H groups in total. The lowest BCUT2D eigenvalue weighted by Gasteiger charge is -2.32. The highest BCUT2D eigenvalue weighted by molar-refractivity contribution is 5.96. The Morgan fingerprint density at radius 2 is 1.74 bits per heavy atom. The van der Waals surface area contributed by atoms with E-state index >= 15 is 0 Å². The van der Waals surface area contributed by atoms with Gasteiger partial charge in [0.2, 0.25) is 11.8 Å². The zero-order valence-electron chi connectivity index (χ0n) is 20.1. The van der Waals surface area contributed by atoms with E-state index in [0.717, 1.165) is 12.1 Å². The molecule has 0 radical (unpaired) electrons. The maximum atomic E-state index is 13.3. The van der Waals surface area contributed by atoms with Crippen LogP contribution in [0.3, 0.4) is 0 Å². The van der Waals surface area contributed by atoms with Crippen LogP contribution in [0, 0.1) is 11.8 Å². The van der Waals surface area contributed by atoms with Gasteiger partial charge in [0, 0.05) is 25.0 Å². The van der Waals surface area contributed by atoms with Gasteiger partial charge >= 0.3 is 6.18 Å². The predicted molar refractivity (Wildman–Crippen MR) is 125 cm³/mol. The lowest BCUT2D eigenvalue weighted by molar-refractivity contribution is -0.137. The Hall–Kier alpha value is -2.33. The average Bonchev–Trinajstić information content (AvgIpc) is 2.79. The number of piperidine rings is 1. The van der Waals surface area contributed by atoms with Gasteiger partial charge in [-0.3, -0.25) is 14.5 Å². The minimum Gasteiger partial charge on any atom is -0.378 e. The van der Waals surface area contributed by atoms with Crippen molar-refractivity contribution in [1.82, 2.24) is 10.2 Å². The van der Waals surface area contributed by atoms with Gasteiger partial charge in [0.15, 0.2) is 0 Å². The molecule has 0 aliphatic carbocycles. The molecule has 10 heteroatoms. The molecule has 0 saturated carbocycles. The summed E-state index contributed by atoms with van der Waals surface area (Å²) in [6.07, 6.45) is -3.21. The van der Waals surface area contributed by atoms with Crippen molar-refractivity contribution in [3.63, 3.8) is 0 Å². The molecule has 34 heavy (non-hydrogen) atoms. The van der Waals surface area contributed by atoms with Crippen LogP contribution >= 0.6 is 0 Å². The number of nitrogens with zero attached hydrogens (tertiary/aromatic N) is 2. The normalized spacial score (nSPS) is 19.2. The molecule has 2 aliphatic heterocycles. The van der Waals surface area contributed by atoms with Crippen LogP contribution in [0.1, 0.15) is 39.2 Å². The van der Waals surface area contributed by atoms with Crippen LogP contribution in [-0.4, -0.2) is 68.7 Å². The Labute approximate surface area is 199 Å². The van der Waals surface area contributed by atoms with Crippen molar-refractivity contribution in [2.24, 2.45) is 11.8 Å². The van der Waals surface area contributed by atoms with Crippen LogP contribution in [0.25, 0.3) is 0 Å². The van der Waals surface area contributed by atoms with Gasteiger partial charge in [-0.1, -0.05) is 13.8 Å². The van der Waals surface area contributed by atoms with Crippen molar-refractivity contribution in [2.45, 2.75) is 45.8 Å². The second kappa shape index (κ2) is 11.4. The molecular weight excluding hydrogens is 449 g/mol. The lowest BCUT2D eigenvalue weighted by Crippen LogP contribution is -2.45. The molecule has 0 spiro atoms. The number of carbonyl (C=O) groups is 2. The van der Waals surface area contributed by atoms with Crippen LogP contribution in [0.4, 0.5) is 24.5 Å². The zero-order chi connectivity index (χ0) is 24.9. The lowest BCUT2D eigenvalue weighted by atomic mass is 9.95. The van der Waals surface area contributed by atoms with E-state index in [1.807, 2.05) is 16.7 Å². The number of benzene rings is 1. The molecule has 2 heterocycles. The SMILES string of the molecule is CC(C)C(C)NC(=O)C1CCN(CC(=O)Nc2cc(C(F)(F)F)ccc2N2CCOCC2)CC1. The van der Waals surface area contributed by atoms with Crippen LogP contribution < -0.4 is 15.5 Å². The Bertz CT molecular complexity index is 848. The van der Waals surface area contributed by atoms with E-state index in [-0.39, 0.29) is 36.0 Å². The maximum absolute atomic E-state index is 13.3. The van der Waals surface area contributed by atoms with E-state index in [1.165, 1.54) is 6.07 Å². The topological polar surface area (TPSA) is 73.9 Å². The molecule has 1 atom stereocenters. The summed E-state index contributed by atoms with van der Waals surface area (Å²) in [7, 11) is 0. The maximum Gasteiger partial charge on any atom is 0.416 e. The van der Waals surface area contributed by atoms with E-state index < -0.39 is 11.7 Å². The number of carbonyl (C=O) groups excluding carboxylic acids is 2. The summed E-state index contributed by atoms with van der Waals surface area (Å²) in [6, 6.07) is 3.54. The molecule has 2 saturated heterocycles. The molecule has 0 bridgehead atoms. The summed E-state index contributed by atoms with van der Waals surface area (Å²) < 4.78 is 45.2. The molecule has 1 aromatic rings. The number of ether oxygens (including phenoxy) is 1. The van der Waals surface area contributed by atoms with Gasteiger partial charge in [0.05, 0.1) is 36.7 Å². The third-order valence-electron chi connectivity index (χ3n) is 6.65. The molecule has 2 fully saturated rings. The number of alkyl halides is 3. The molecule has 1 unspecified atom stereocenters. The first-order chi connectivity index (χ1) is 16.0. The average molecular weight is 485 g/mol. The van der Waals surface area contributed by atoms with Crippen molar-refractivity contribution < 1.29 is 27.5 Å². The second-order valence-electron chi connectivity index (χ2n) is 9.47. The molecule has 0 aromatic heterocycles. The van der Waals surface area contributed by atoms with Gasteiger partial charge in [-0.25, -0.2) is 0 Å². The van der Waals surface area contributed by atoms with Gasteiger partial charge in [-0.05, 0) is 57.0 Å². The van der Waals surface area contributed by atoms with E-state index in [9.17, 15) is 22.8 Å². The van der Waals surface area contributed by atoms with Crippen molar-refractivity contribution in [3.8, 4) is 0 Å². The number of likely N-dealkylation sites (tertiary alicyclic amines) is 1. The Kier molecular flexibility index (Phi) is 8.81. The number of halogens is 3. The summed E-state index contributed by atoms with van der Waals surface area (Å²) in [5, 5.41) is 5.75. The number of morpholine rings is 1. The fraction of sp³-hybridized carbons (Fsp3) is 0.667. The number of amides is 2. The van der Waals surface area contributed by atoms with Gasteiger partial charge in [0.1, 0.15) is 0 Å². The highest BCUT2D eigenvalue weighted by atomic mass is 19.4. The summed E-state index contributed by atoms with van der Waals surface area (Å²) in [6.45, 7) is 9.37. The first-order valence-electron chi connectivity index (χ1n) is 11.9. The van der Waals surface area contributed by atoms with Crippen molar-refractivity contribution in [2.75, 3.05) is 56.2 Å². The van der Waals surface area contributed by atoms with Crippen LogP contribution in [0.15, 0.2) is 18.2 Å². The molecule has 7 nitrogen and oxygen atoms in total. The Morgan fingerprint density at radius 3 is 2.32 bits per heavy atom. The quantitative estimate of drug-likeness (QED) is 0.621. The Morgan fingerprint density at radius 1 is 1.09 bits per heavy atom. The van der Waals surface area contributed by atoms with Crippen molar-refractivity contribution in [3.05, 3.63) is 23.8 Å². The van der Waals surface area contributed by atoms with Crippen LogP contribution in [0.2, 0.25) is 0 Å². The van der Waals surface area contributed by atoms with Gasteiger partial charge in [0.25, 0.3) is 0 Å². The van der Waals surface area contributed by atoms with E-state index in [0.29, 0.717) is 63.8 Å². The minimum absolute atomic E-state index is 0.0458. The molecule has 2 aliphatic rings. The largest absolute Gasteiger partial charge is 0.416 e. The standard InChI is InChI=1S/C24H35F3N4O3/c1-16(2)17(3)28-23(33)18-6-8-30(9-7-18)15-22(32)29-20-14-19(24(25,26)27)4-5-21(20)31-10-12-34-13-11-31/h4-5,14,16-18H,6-13,15H2,1-3H3,(H,28,33)(H,29,32). The van der Waals surface area contributed by atoms with Crippen LogP contribution in [-0.2, 0) is 20.5 Å². The molecule has 1 aromatic carbocycles. The van der Waals surface area contributed by atoms with E-state index in [4.69, 9.17) is 4.74 Å².